The van der Waals surface area contributed by atoms with Crippen LogP contribution in [0.2, 0.25) is 0 Å². The predicted octanol–water partition coefficient (Wildman–Crippen LogP) is 2.97. The molecular formula is C17H16N2O2. The normalized spacial score (nSPS) is 18.0. The molecule has 0 spiro atoms. The second-order valence-electron chi connectivity index (χ2n) is 5.11. The maximum Gasteiger partial charge on any atom is 0.256 e. The highest BCUT2D eigenvalue weighted by atomic mass is 16.3. The lowest BCUT2D eigenvalue weighted by Gasteiger charge is -2.14. The second-order valence-corrected chi connectivity index (χ2v) is 5.11. The molecule has 1 heterocycles. The van der Waals surface area contributed by atoms with Gasteiger partial charge in [0, 0.05) is 5.71 Å². The first kappa shape index (κ1) is 13.4. The number of amides is 1. The third kappa shape index (κ3) is 2.52. The van der Waals surface area contributed by atoms with E-state index in [-0.39, 0.29) is 17.6 Å². The molecule has 2 aromatic rings. The van der Waals surface area contributed by atoms with E-state index >= 15 is 0 Å². The highest BCUT2D eigenvalue weighted by Crippen LogP contribution is 2.28. The van der Waals surface area contributed by atoms with Crippen LogP contribution < -0.4 is 5.01 Å². The molecule has 2 aromatic carbocycles. The highest BCUT2D eigenvalue weighted by molar-refractivity contribution is 6.14. The fourth-order valence-electron chi connectivity index (χ4n) is 2.50. The molecule has 4 nitrogen and oxygen atoms in total. The van der Waals surface area contributed by atoms with Gasteiger partial charge in [0.05, 0.1) is 11.6 Å². The predicted molar refractivity (Wildman–Crippen MR) is 82.3 cm³/mol. The van der Waals surface area contributed by atoms with Gasteiger partial charge in [-0.2, -0.15) is 5.10 Å². The Balaban J connectivity index is 1.85. The number of rotatable bonds is 3. The van der Waals surface area contributed by atoms with Crippen LogP contribution >= 0.6 is 0 Å². The van der Waals surface area contributed by atoms with Crippen LogP contribution in [0.5, 0.6) is 5.75 Å². The van der Waals surface area contributed by atoms with Crippen LogP contribution in [-0.4, -0.2) is 16.7 Å². The minimum Gasteiger partial charge on any atom is -0.508 e. The number of hydrogen-bond acceptors (Lipinski definition) is 3. The molecule has 4 heteroatoms. The number of anilines is 1. The molecule has 0 radical (unpaired) electrons. The van der Waals surface area contributed by atoms with E-state index in [1.54, 1.807) is 12.1 Å². The maximum absolute atomic E-state index is 12.6. The first-order chi connectivity index (χ1) is 10.2. The topological polar surface area (TPSA) is 52.9 Å². The smallest absolute Gasteiger partial charge is 0.256 e. The zero-order chi connectivity index (χ0) is 14.8. The van der Waals surface area contributed by atoms with Gasteiger partial charge < -0.3 is 5.11 Å². The zero-order valence-electron chi connectivity index (χ0n) is 11.7. The van der Waals surface area contributed by atoms with Gasteiger partial charge in [-0.25, -0.2) is 5.01 Å². The van der Waals surface area contributed by atoms with Gasteiger partial charge in [-0.05, 0) is 37.1 Å². The van der Waals surface area contributed by atoms with Crippen molar-refractivity contribution < 1.29 is 9.90 Å². The number of para-hydroxylation sites is 2. The van der Waals surface area contributed by atoms with Crippen LogP contribution in [0.25, 0.3) is 0 Å². The Labute approximate surface area is 123 Å². The third-order valence-corrected chi connectivity index (χ3v) is 3.69. The Hall–Kier alpha value is -2.62. The number of carbonyl (C=O) groups excluding carboxylic acids is 1. The molecule has 1 amide bonds. The fraction of sp³-hybridized carbons (Fsp3) is 0.176. The third-order valence-electron chi connectivity index (χ3n) is 3.69. The average molecular weight is 280 g/mol. The van der Waals surface area contributed by atoms with E-state index in [1.165, 1.54) is 5.01 Å². The van der Waals surface area contributed by atoms with Crippen LogP contribution in [0.3, 0.4) is 0 Å². The molecule has 0 aliphatic carbocycles. The fourth-order valence-corrected chi connectivity index (χ4v) is 2.50. The molecule has 1 aliphatic rings. The molecule has 3 rings (SSSR count). The van der Waals surface area contributed by atoms with Gasteiger partial charge in [0.25, 0.3) is 5.91 Å². The summed E-state index contributed by atoms with van der Waals surface area (Å²) in [5.41, 5.74) is 2.30. The standard InChI is InChI=1S/C17H16N2O2/c1-12-15(11-13-7-5-6-10-16(13)20)17(21)19(18-12)14-8-3-2-4-9-14/h2-10,15,20H,11H2,1H3. The first-order valence-corrected chi connectivity index (χ1v) is 6.88. The number of phenolic OH excluding ortho intramolecular Hbond substituents is 1. The van der Waals surface area contributed by atoms with Crippen molar-refractivity contribution in [3.8, 4) is 5.75 Å². The Kier molecular flexibility index (Phi) is 3.44. The van der Waals surface area contributed by atoms with Crippen molar-refractivity contribution in [2.24, 2.45) is 11.0 Å². The molecule has 0 saturated heterocycles. The minimum atomic E-state index is -0.321. The van der Waals surface area contributed by atoms with Crippen LogP contribution in [0.15, 0.2) is 59.7 Å². The van der Waals surface area contributed by atoms with Crippen molar-refractivity contribution in [2.75, 3.05) is 5.01 Å². The Bertz CT molecular complexity index is 695. The molecule has 1 aliphatic heterocycles. The molecule has 106 valence electrons. The van der Waals surface area contributed by atoms with Crippen LogP contribution in [0, 0.1) is 5.92 Å². The SMILES string of the molecule is CC1=NN(c2ccccc2)C(=O)C1Cc1ccccc1O. The van der Waals surface area contributed by atoms with E-state index in [4.69, 9.17) is 0 Å². The van der Waals surface area contributed by atoms with Gasteiger partial charge >= 0.3 is 0 Å². The van der Waals surface area contributed by atoms with Crippen molar-refractivity contribution in [2.45, 2.75) is 13.3 Å². The van der Waals surface area contributed by atoms with Crippen LogP contribution in [-0.2, 0) is 11.2 Å². The Morgan fingerprint density at radius 2 is 1.76 bits per heavy atom. The Morgan fingerprint density at radius 3 is 2.48 bits per heavy atom. The molecule has 0 fully saturated rings. The lowest BCUT2D eigenvalue weighted by Crippen LogP contribution is -2.28. The largest absolute Gasteiger partial charge is 0.508 e. The van der Waals surface area contributed by atoms with Gasteiger partial charge in [-0.3, -0.25) is 4.79 Å². The van der Waals surface area contributed by atoms with Crippen molar-refractivity contribution in [3.05, 3.63) is 60.2 Å². The van der Waals surface area contributed by atoms with Gasteiger partial charge in [0.2, 0.25) is 0 Å². The summed E-state index contributed by atoms with van der Waals surface area (Å²) in [6.07, 6.45) is 0.462. The molecule has 1 atom stereocenters. The number of hydrogen-bond donors (Lipinski definition) is 1. The molecule has 0 aromatic heterocycles. The molecule has 0 bridgehead atoms. The number of nitrogens with zero attached hydrogens (tertiary/aromatic N) is 2. The summed E-state index contributed by atoms with van der Waals surface area (Å²) < 4.78 is 0. The van der Waals surface area contributed by atoms with E-state index in [0.717, 1.165) is 17.0 Å². The molecule has 1 N–H and O–H groups in total. The maximum atomic E-state index is 12.6. The molecule has 21 heavy (non-hydrogen) atoms. The van der Waals surface area contributed by atoms with Gasteiger partial charge in [0.1, 0.15) is 5.75 Å². The zero-order valence-corrected chi connectivity index (χ0v) is 11.7. The minimum absolute atomic E-state index is 0.0537. The average Bonchev–Trinajstić information content (AvgIpc) is 2.78. The number of phenols is 1. The Morgan fingerprint density at radius 1 is 1.10 bits per heavy atom. The lowest BCUT2D eigenvalue weighted by molar-refractivity contribution is -0.119. The van der Waals surface area contributed by atoms with E-state index < -0.39 is 0 Å². The number of carbonyl (C=O) groups is 1. The summed E-state index contributed by atoms with van der Waals surface area (Å²) in [6, 6.07) is 16.5. The summed E-state index contributed by atoms with van der Waals surface area (Å²) in [5, 5.41) is 15.7. The number of benzene rings is 2. The van der Waals surface area contributed by atoms with E-state index in [2.05, 4.69) is 5.10 Å². The summed E-state index contributed by atoms with van der Waals surface area (Å²) in [7, 11) is 0. The lowest BCUT2D eigenvalue weighted by atomic mass is 9.95. The van der Waals surface area contributed by atoms with Gasteiger partial charge in [-0.1, -0.05) is 36.4 Å². The van der Waals surface area contributed by atoms with Crippen molar-refractivity contribution in [3.63, 3.8) is 0 Å². The summed E-state index contributed by atoms with van der Waals surface area (Å²) in [5.74, 6) is -0.156. The molecular weight excluding hydrogens is 264 g/mol. The van der Waals surface area contributed by atoms with Crippen LogP contribution in [0.1, 0.15) is 12.5 Å². The number of hydrazone groups is 1. The summed E-state index contributed by atoms with van der Waals surface area (Å²) >= 11 is 0. The second kappa shape index (κ2) is 5.40. The molecule has 1 unspecified atom stereocenters. The van der Waals surface area contributed by atoms with E-state index in [0.29, 0.717) is 6.42 Å². The first-order valence-electron chi connectivity index (χ1n) is 6.88. The van der Waals surface area contributed by atoms with E-state index in [9.17, 15) is 9.90 Å². The van der Waals surface area contributed by atoms with Crippen LogP contribution in [0.4, 0.5) is 5.69 Å². The van der Waals surface area contributed by atoms with Crippen molar-refractivity contribution >= 4 is 17.3 Å². The van der Waals surface area contributed by atoms with Crippen molar-refractivity contribution in [1.82, 2.24) is 0 Å². The van der Waals surface area contributed by atoms with Gasteiger partial charge in [0.15, 0.2) is 0 Å². The summed E-state index contributed by atoms with van der Waals surface area (Å²) in [6.45, 7) is 1.85. The monoisotopic (exact) mass is 280 g/mol. The quantitative estimate of drug-likeness (QED) is 0.939. The van der Waals surface area contributed by atoms with Crippen molar-refractivity contribution in [1.29, 1.82) is 0 Å². The highest BCUT2D eigenvalue weighted by Gasteiger charge is 2.34. The summed E-state index contributed by atoms with van der Waals surface area (Å²) in [4.78, 5) is 12.6. The molecule has 0 saturated carbocycles. The number of aromatic hydroxyl groups is 1. The van der Waals surface area contributed by atoms with E-state index in [1.807, 2.05) is 49.4 Å². The van der Waals surface area contributed by atoms with Gasteiger partial charge in [-0.15, -0.1) is 0 Å².